The van der Waals surface area contributed by atoms with Crippen LogP contribution in [0.5, 0.6) is 0 Å². The second kappa shape index (κ2) is 11.8. The molecule has 5 nitrogen and oxygen atoms in total. The van der Waals surface area contributed by atoms with E-state index in [4.69, 9.17) is 21.8 Å². The van der Waals surface area contributed by atoms with Crippen LogP contribution in [-0.2, 0) is 16.0 Å². The number of carboxylic acid groups (broad SMARTS) is 2. The summed E-state index contributed by atoms with van der Waals surface area (Å²) in [7, 11) is 0. The number of aliphatic carboxylic acids is 2. The molecule has 0 heterocycles. The van der Waals surface area contributed by atoms with Crippen LogP contribution in [0.3, 0.4) is 0 Å². The summed E-state index contributed by atoms with van der Waals surface area (Å²) >= 11 is 5.88. The third-order valence-electron chi connectivity index (χ3n) is 3.19. The topological polar surface area (TPSA) is 110 Å². The smallest absolute Gasteiger partial charge is 0.328 e. The average molecular weight is 364 g/mol. The van der Waals surface area contributed by atoms with E-state index in [9.17, 15) is 9.59 Å². The van der Waals surface area contributed by atoms with Crippen molar-refractivity contribution < 1.29 is 19.8 Å². The molecular formula is C19H22ClNO4. The van der Waals surface area contributed by atoms with Crippen molar-refractivity contribution in [3.63, 3.8) is 0 Å². The Labute approximate surface area is 152 Å². The fourth-order valence-electron chi connectivity index (χ4n) is 2.02. The van der Waals surface area contributed by atoms with Crippen molar-refractivity contribution >= 4 is 23.5 Å². The van der Waals surface area contributed by atoms with Gasteiger partial charge in [-0.25, -0.2) is 9.59 Å². The van der Waals surface area contributed by atoms with Crippen molar-refractivity contribution in [1.29, 1.82) is 0 Å². The minimum atomic E-state index is -1.26. The molecule has 0 amide bonds. The first-order chi connectivity index (χ1) is 11.4. The maximum Gasteiger partial charge on any atom is 0.328 e. The summed E-state index contributed by atoms with van der Waals surface area (Å²) < 4.78 is 0. The highest BCUT2D eigenvalue weighted by Gasteiger charge is 2.05. The molecule has 0 bridgehead atoms. The van der Waals surface area contributed by atoms with Gasteiger partial charge in [-0.05, 0) is 35.6 Å². The molecule has 0 fully saturated rings. The normalized spacial score (nSPS) is 11.0. The Morgan fingerprint density at radius 3 is 1.88 bits per heavy atom. The van der Waals surface area contributed by atoms with Crippen LogP contribution < -0.4 is 6.15 Å². The molecule has 134 valence electrons. The molecule has 25 heavy (non-hydrogen) atoms. The van der Waals surface area contributed by atoms with Crippen LogP contribution in [0.2, 0.25) is 5.02 Å². The Morgan fingerprint density at radius 1 is 0.960 bits per heavy atom. The lowest BCUT2D eigenvalue weighted by molar-refractivity contribution is -0.134. The number of hydrogen-bond donors (Lipinski definition) is 3. The SMILES string of the molecule is CC(Cc1ccccc1)c1ccc(Cl)cc1.N.O=C(O)C=CC(=O)O. The van der Waals surface area contributed by atoms with Crippen molar-refractivity contribution in [1.82, 2.24) is 6.15 Å². The zero-order valence-electron chi connectivity index (χ0n) is 13.9. The predicted octanol–water partition coefficient (Wildman–Crippen LogP) is 4.56. The molecule has 1 unspecified atom stereocenters. The fourth-order valence-corrected chi connectivity index (χ4v) is 2.15. The van der Waals surface area contributed by atoms with Gasteiger partial charge in [-0.2, -0.15) is 0 Å². The van der Waals surface area contributed by atoms with E-state index in [0.29, 0.717) is 18.1 Å². The summed E-state index contributed by atoms with van der Waals surface area (Å²) in [4.78, 5) is 19.1. The molecule has 0 spiro atoms. The van der Waals surface area contributed by atoms with Crippen LogP contribution in [0.1, 0.15) is 24.0 Å². The summed E-state index contributed by atoms with van der Waals surface area (Å²) in [6.45, 7) is 2.25. The van der Waals surface area contributed by atoms with E-state index in [0.717, 1.165) is 11.4 Å². The van der Waals surface area contributed by atoms with Crippen LogP contribution >= 0.6 is 11.6 Å². The minimum absolute atomic E-state index is 0. The number of carbonyl (C=O) groups is 2. The monoisotopic (exact) mass is 363 g/mol. The van der Waals surface area contributed by atoms with Crippen molar-refractivity contribution in [3.8, 4) is 0 Å². The predicted molar refractivity (Wildman–Crippen MR) is 99.4 cm³/mol. The molecule has 2 aromatic rings. The maximum atomic E-state index is 9.55. The van der Waals surface area contributed by atoms with Crippen molar-refractivity contribution in [3.05, 3.63) is 82.9 Å². The number of rotatable bonds is 5. The first-order valence-corrected chi connectivity index (χ1v) is 7.69. The van der Waals surface area contributed by atoms with E-state index in [1.54, 1.807) is 0 Å². The first kappa shape index (κ1) is 22.4. The Kier molecular flexibility index (Phi) is 10.6. The van der Waals surface area contributed by atoms with Crippen LogP contribution in [-0.4, -0.2) is 22.2 Å². The molecule has 1 atom stereocenters. The molecule has 2 aromatic carbocycles. The van der Waals surface area contributed by atoms with Gasteiger partial charge in [-0.15, -0.1) is 0 Å². The van der Waals surface area contributed by atoms with Crippen molar-refractivity contribution in [2.24, 2.45) is 0 Å². The first-order valence-electron chi connectivity index (χ1n) is 7.32. The van der Waals surface area contributed by atoms with Gasteiger partial charge in [0.25, 0.3) is 0 Å². The molecule has 2 rings (SSSR count). The third kappa shape index (κ3) is 9.96. The van der Waals surface area contributed by atoms with Gasteiger partial charge >= 0.3 is 11.9 Å². The Morgan fingerprint density at radius 2 is 1.44 bits per heavy atom. The Balaban J connectivity index is 0.000000552. The third-order valence-corrected chi connectivity index (χ3v) is 3.44. The summed E-state index contributed by atoms with van der Waals surface area (Å²) in [6, 6.07) is 18.7. The molecule has 0 aromatic heterocycles. The summed E-state index contributed by atoms with van der Waals surface area (Å²) in [6.07, 6.45) is 2.19. The highest BCUT2D eigenvalue weighted by Crippen LogP contribution is 2.21. The number of carboxylic acids is 2. The van der Waals surface area contributed by atoms with Crippen LogP contribution in [0, 0.1) is 0 Å². The second-order valence-electron chi connectivity index (χ2n) is 5.15. The second-order valence-corrected chi connectivity index (χ2v) is 5.59. The molecule has 0 aliphatic heterocycles. The van der Waals surface area contributed by atoms with Crippen molar-refractivity contribution in [2.45, 2.75) is 19.3 Å². The zero-order valence-corrected chi connectivity index (χ0v) is 14.7. The van der Waals surface area contributed by atoms with E-state index in [-0.39, 0.29) is 6.15 Å². The zero-order chi connectivity index (χ0) is 17.9. The quantitative estimate of drug-likeness (QED) is 0.674. The lowest BCUT2D eigenvalue weighted by atomic mass is 9.94. The van der Waals surface area contributed by atoms with Gasteiger partial charge in [0.05, 0.1) is 0 Å². The van der Waals surface area contributed by atoms with E-state index >= 15 is 0 Å². The minimum Gasteiger partial charge on any atom is -0.478 e. The lowest BCUT2D eigenvalue weighted by Gasteiger charge is -2.11. The summed E-state index contributed by atoms with van der Waals surface area (Å²) in [5.74, 6) is -1.99. The average Bonchev–Trinajstić information content (AvgIpc) is 2.55. The number of hydrogen-bond acceptors (Lipinski definition) is 3. The molecule has 6 heteroatoms. The van der Waals surface area contributed by atoms with Crippen LogP contribution in [0.4, 0.5) is 0 Å². The molecule has 5 N–H and O–H groups in total. The van der Waals surface area contributed by atoms with Gasteiger partial charge < -0.3 is 16.4 Å². The highest BCUT2D eigenvalue weighted by molar-refractivity contribution is 6.30. The van der Waals surface area contributed by atoms with Gasteiger partial charge in [0, 0.05) is 17.2 Å². The number of benzene rings is 2. The van der Waals surface area contributed by atoms with Crippen molar-refractivity contribution in [2.75, 3.05) is 0 Å². The van der Waals surface area contributed by atoms with E-state index in [1.165, 1.54) is 11.1 Å². The largest absolute Gasteiger partial charge is 0.478 e. The molecule has 0 saturated carbocycles. The summed E-state index contributed by atoms with van der Waals surface area (Å²) in [5.41, 5.74) is 2.72. The molecule has 0 radical (unpaired) electrons. The standard InChI is InChI=1S/C15H15Cl.C4H4O4.H3N/c1-12(11-13-5-3-2-4-6-13)14-7-9-15(16)10-8-14;5-3(6)1-2-4(7)8;/h2-10,12H,11H2,1H3;1-2H,(H,5,6)(H,7,8);1H3. The fraction of sp³-hybridized carbons (Fsp3) is 0.158. The van der Waals surface area contributed by atoms with Gasteiger partial charge in [0.2, 0.25) is 0 Å². The van der Waals surface area contributed by atoms with E-state index in [1.807, 2.05) is 12.1 Å². The van der Waals surface area contributed by atoms with E-state index in [2.05, 4.69) is 49.4 Å². The maximum absolute atomic E-state index is 9.55. The van der Waals surface area contributed by atoms with Gasteiger partial charge in [0.1, 0.15) is 0 Å². The van der Waals surface area contributed by atoms with Gasteiger partial charge in [0.15, 0.2) is 0 Å². The molecular weight excluding hydrogens is 342 g/mol. The summed E-state index contributed by atoms with van der Waals surface area (Å²) in [5, 5.41) is 16.4. The van der Waals surface area contributed by atoms with E-state index < -0.39 is 11.9 Å². The Hall–Kier alpha value is -2.63. The van der Waals surface area contributed by atoms with Crippen LogP contribution in [0.15, 0.2) is 66.7 Å². The molecule has 0 aliphatic carbocycles. The van der Waals surface area contributed by atoms with Gasteiger partial charge in [-0.1, -0.05) is 61.0 Å². The van der Waals surface area contributed by atoms with Gasteiger partial charge in [-0.3, -0.25) is 0 Å². The lowest BCUT2D eigenvalue weighted by Crippen LogP contribution is -1.97. The number of halogens is 1. The Bertz CT molecular complexity index is 668. The molecule has 0 aliphatic rings. The molecule has 0 saturated heterocycles. The van der Waals surface area contributed by atoms with Crippen LogP contribution in [0.25, 0.3) is 0 Å². The highest BCUT2D eigenvalue weighted by atomic mass is 35.5.